The summed E-state index contributed by atoms with van der Waals surface area (Å²) in [7, 11) is 1.57. The van der Waals surface area contributed by atoms with E-state index in [1.807, 2.05) is 31.2 Å². The third-order valence-corrected chi connectivity index (χ3v) is 6.22. The lowest BCUT2D eigenvalue weighted by Crippen LogP contribution is -2.19. The number of benzene rings is 2. The van der Waals surface area contributed by atoms with Crippen LogP contribution in [0.4, 0.5) is 4.39 Å². The average molecular weight is 515 g/mol. The third-order valence-electron chi connectivity index (χ3n) is 4.65. The molecule has 0 bridgehead atoms. The Morgan fingerprint density at radius 1 is 1.22 bits per heavy atom. The number of hydrogen-bond acceptors (Lipinski definition) is 3. The van der Waals surface area contributed by atoms with Crippen molar-refractivity contribution >= 4 is 39.3 Å². The van der Waals surface area contributed by atoms with Crippen molar-refractivity contribution in [3.05, 3.63) is 98.8 Å². The van der Waals surface area contributed by atoms with Gasteiger partial charge in [-0.15, -0.1) is 0 Å². The molecule has 0 spiro atoms. The number of carbonyl (C=O) groups excluding carboxylic acids is 1. The Morgan fingerprint density at radius 2 is 1.94 bits per heavy atom. The molecular weight excluding hydrogens is 487 g/mol. The van der Waals surface area contributed by atoms with Crippen LogP contribution < -0.4 is 5.32 Å². The number of halogens is 2. The van der Waals surface area contributed by atoms with E-state index in [1.54, 1.807) is 19.2 Å². The molecule has 0 fully saturated rings. The second-order valence-electron chi connectivity index (χ2n) is 7.04. The van der Waals surface area contributed by atoms with Crippen LogP contribution in [-0.4, -0.2) is 18.7 Å². The maximum Gasteiger partial charge on any atom is 0.251 e. The zero-order chi connectivity index (χ0) is 23.7. The normalized spacial score (nSPS) is 13.3. The number of unbranched alkanes of at least 4 members (excludes halogenated alkanes) is 1. The van der Waals surface area contributed by atoms with Crippen molar-refractivity contribution in [3.8, 4) is 0 Å². The molecule has 3 nitrogen and oxygen atoms in total. The molecule has 1 aliphatic heterocycles. The number of allylic oxidation sites excluding steroid dienone is 2. The van der Waals surface area contributed by atoms with Crippen LogP contribution in [0.5, 0.6) is 0 Å². The minimum Gasteiger partial charge on any atom is -0.355 e. The van der Waals surface area contributed by atoms with Crippen LogP contribution in [-0.2, 0) is 4.79 Å². The lowest BCUT2D eigenvalue weighted by Gasteiger charge is -2.10. The highest BCUT2D eigenvalue weighted by Crippen LogP contribution is 2.37. The molecule has 2 aromatic carbocycles. The molecule has 1 aliphatic rings. The van der Waals surface area contributed by atoms with E-state index >= 15 is 0 Å². The van der Waals surface area contributed by atoms with Gasteiger partial charge in [-0.25, -0.2) is 9.38 Å². The second-order valence-corrected chi connectivity index (χ2v) is 9.21. The van der Waals surface area contributed by atoms with Crippen LogP contribution >= 0.6 is 27.7 Å². The standard InChI is InChI=1S/C22H18BrFN2OS.C4H10/c1-4-14(22(27)25-3)11-19-13(2)28-20-12-17(24)8-9-18(20)21(26-19)15-6-5-7-16(23)10-15;1-3-4-2/h4-12H,1H2,2-3H3,(H,25,27);3-4H2,1-2H3/b14-11+;. The topological polar surface area (TPSA) is 41.5 Å². The van der Waals surface area contributed by atoms with Gasteiger partial charge < -0.3 is 5.32 Å². The summed E-state index contributed by atoms with van der Waals surface area (Å²) in [6.07, 6.45) is 5.84. The summed E-state index contributed by atoms with van der Waals surface area (Å²) in [5.41, 5.74) is 3.49. The fourth-order valence-electron chi connectivity index (χ4n) is 2.75. The first-order chi connectivity index (χ1) is 15.3. The molecule has 1 heterocycles. The predicted molar refractivity (Wildman–Crippen MR) is 138 cm³/mol. The van der Waals surface area contributed by atoms with Crippen LogP contribution in [0.2, 0.25) is 0 Å². The van der Waals surface area contributed by atoms with Crippen molar-refractivity contribution < 1.29 is 9.18 Å². The number of carbonyl (C=O) groups is 1. The Balaban J connectivity index is 0.000000837. The smallest absolute Gasteiger partial charge is 0.251 e. The van der Waals surface area contributed by atoms with Crippen LogP contribution in [0.1, 0.15) is 44.7 Å². The van der Waals surface area contributed by atoms with Gasteiger partial charge in [-0.2, -0.15) is 0 Å². The summed E-state index contributed by atoms with van der Waals surface area (Å²) in [6.45, 7) is 9.99. The number of rotatable bonds is 5. The average Bonchev–Trinajstić information content (AvgIpc) is 2.92. The predicted octanol–water partition coefficient (Wildman–Crippen LogP) is 7.43. The molecule has 0 aliphatic carbocycles. The van der Waals surface area contributed by atoms with E-state index in [9.17, 15) is 9.18 Å². The molecular formula is C26H28BrFN2OS. The van der Waals surface area contributed by atoms with Gasteiger partial charge in [0.25, 0.3) is 5.91 Å². The molecule has 1 N–H and O–H groups in total. The lowest BCUT2D eigenvalue weighted by atomic mass is 10.0. The zero-order valence-corrected chi connectivity index (χ0v) is 21.2. The SMILES string of the molecule is C=C/C(=C\C1=C(C)Sc2cc(F)ccc2C(c2cccc(Br)c2)=N1)C(=O)NC.CCCC. The van der Waals surface area contributed by atoms with E-state index < -0.39 is 0 Å². The maximum absolute atomic E-state index is 13.9. The highest BCUT2D eigenvalue weighted by molar-refractivity contribution is 9.10. The number of hydrogen-bond donors (Lipinski definition) is 1. The van der Waals surface area contributed by atoms with Gasteiger partial charge in [-0.1, -0.05) is 79.2 Å². The Morgan fingerprint density at radius 3 is 2.53 bits per heavy atom. The van der Waals surface area contributed by atoms with Gasteiger partial charge in [0.05, 0.1) is 11.4 Å². The van der Waals surface area contributed by atoms with Crippen LogP contribution in [0.25, 0.3) is 0 Å². The van der Waals surface area contributed by atoms with Crippen molar-refractivity contribution in [1.82, 2.24) is 5.32 Å². The number of nitrogens with zero attached hydrogens (tertiary/aromatic N) is 1. The van der Waals surface area contributed by atoms with Crippen molar-refractivity contribution in [2.24, 2.45) is 4.99 Å². The largest absolute Gasteiger partial charge is 0.355 e. The Labute approximate surface area is 202 Å². The Bertz CT molecular complexity index is 1090. The monoisotopic (exact) mass is 514 g/mol. The number of nitrogens with one attached hydrogen (secondary N) is 1. The number of likely N-dealkylation sites (N-methyl/N-ethyl adjacent to an activating group) is 1. The van der Waals surface area contributed by atoms with Crippen molar-refractivity contribution in [1.29, 1.82) is 0 Å². The highest BCUT2D eigenvalue weighted by Gasteiger charge is 2.20. The van der Waals surface area contributed by atoms with E-state index in [0.717, 1.165) is 25.4 Å². The van der Waals surface area contributed by atoms with Crippen LogP contribution in [0.3, 0.4) is 0 Å². The number of amides is 1. The summed E-state index contributed by atoms with van der Waals surface area (Å²) in [4.78, 5) is 18.6. The van der Waals surface area contributed by atoms with Crippen molar-refractivity contribution in [2.75, 3.05) is 7.05 Å². The van der Waals surface area contributed by atoms with E-state index in [1.165, 1.54) is 42.8 Å². The van der Waals surface area contributed by atoms with Crippen LogP contribution in [0.15, 0.2) is 91.7 Å². The Kier molecular flexibility index (Phi) is 10.1. The summed E-state index contributed by atoms with van der Waals surface area (Å²) in [5, 5.41) is 2.60. The molecule has 3 rings (SSSR count). The van der Waals surface area contributed by atoms with Gasteiger partial charge in [0.15, 0.2) is 0 Å². The van der Waals surface area contributed by atoms with E-state index in [4.69, 9.17) is 4.99 Å². The molecule has 6 heteroatoms. The molecule has 0 aromatic heterocycles. The molecule has 0 unspecified atom stereocenters. The van der Waals surface area contributed by atoms with Gasteiger partial charge in [-0.3, -0.25) is 4.79 Å². The first-order valence-electron chi connectivity index (χ1n) is 10.4. The first kappa shape index (κ1) is 25.8. The molecule has 32 heavy (non-hydrogen) atoms. The third kappa shape index (κ3) is 6.78. The molecule has 2 aromatic rings. The first-order valence-corrected chi connectivity index (χ1v) is 12.0. The summed E-state index contributed by atoms with van der Waals surface area (Å²) >= 11 is 4.93. The fraction of sp³-hybridized carbons (Fsp3) is 0.231. The second kappa shape index (κ2) is 12.6. The zero-order valence-electron chi connectivity index (χ0n) is 18.8. The van der Waals surface area contributed by atoms with E-state index in [-0.39, 0.29) is 11.7 Å². The summed E-state index contributed by atoms with van der Waals surface area (Å²) in [6, 6.07) is 12.5. The van der Waals surface area contributed by atoms with Gasteiger partial charge in [0.2, 0.25) is 0 Å². The van der Waals surface area contributed by atoms with Gasteiger partial charge in [-0.05, 0) is 43.3 Å². The van der Waals surface area contributed by atoms with Crippen LogP contribution in [0, 0.1) is 5.82 Å². The molecule has 168 valence electrons. The van der Waals surface area contributed by atoms with E-state index in [2.05, 4.69) is 41.7 Å². The minimum absolute atomic E-state index is 0.243. The maximum atomic E-state index is 13.9. The highest BCUT2D eigenvalue weighted by atomic mass is 79.9. The molecule has 0 saturated heterocycles. The number of thioether (sulfide) groups is 1. The van der Waals surface area contributed by atoms with Gasteiger partial charge in [0.1, 0.15) is 5.82 Å². The number of aliphatic imine (C=N–C) groups is 1. The van der Waals surface area contributed by atoms with Crippen molar-refractivity contribution in [2.45, 2.75) is 38.5 Å². The number of fused-ring (bicyclic) bond motifs is 1. The minimum atomic E-state index is -0.302. The molecule has 0 atom stereocenters. The Hall–Kier alpha value is -2.44. The van der Waals surface area contributed by atoms with Gasteiger partial charge in [0, 0.05) is 38.0 Å². The summed E-state index contributed by atoms with van der Waals surface area (Å²) < 4.78 is 14.8. The summed E-state index contributed by atoms with van der Waals surface area (Å²) in [5.74, 6) is -0.545. The van der Waals surface area contributed by atoms with E-state index in [0.29, 0.717) is 17.0 Å². The van der Waals surface area contributed by atoms with Gasteiger partial charge >= 0.3 is 0 Å². The van der Waals surface area contributed by atoms with Crippen molar-refractivity contribution in [3.63, 3.8) is 0 Å². The quantitative estimate of drug-likeness (QED) is 0.332. The molecule has 0 radical (unpaired) electrons. The lowest BCUT2D eigenvalue weighted by molar-refractivity contribution is -0.116. The molecule has 0 saturated carbocycles. The fourth-order valence-corrected chi connectivity index (χ4v) is 4.14. The molecule has 1 amide bonds.